The first-order valence-corrected chi connectivity index (χ1v) is 6.09. The summed E-state index contributed by atoms with van der Waals surface area (Å²) in [5.74, 6) is 0. The van der Waals surface area contributed by atoms with Crippen LogP contribution in [0.3, 0.4) is 0 Å². The summed E-state index contributed by atoms with van der Waals surface area (Å²) < 4.78 is 37.8. The summed E-state index contributed by atoms with van der Waals surface area (Å²) in [6.45, 7) is 5.98. The number of benzene rings is 1. The zero-order chi connectivity index (χ0) is 14.2. The second-order valence-electron chi connectivity index (χ2n) is 3.59. The minimum atomic E-state index is -4.45. The zero-order valence-electron chi connectivity index (χ0n) is 10.9. The van der Waals surface area contributed by atoms with E-state index in [-0.39, 0.29) is 5.56 Å². The van der Waals surface area contributed by atoms with Gasteiger partial charge >= 0.3 is 6.18 Å². The number of nitrogens with zero attached hydrogens (tertiary/aromatic N) is 1. The number of hydrogen-bond donors (Lipinski definition) is 0. The first-order valence-electron chi connectivity index (χ1n) is 6.09. The molecule has 0 aliphatic carbocycles. The molecule has 0 radical (unpaired) electrons. The molecular formula is C14H18F3N. The summed E-state index contributed by atoms with van der Waals surface area (Å²) in [5, 5.41) is 8.60. The van der Waals surface area contributed by atoms with E-state index in [0.29, 0.717) is 12.0 Å². The van der Waals surface area contributed by atoms with Crippen molar-refractivity contribution < 1.29 is 13.2 Å². The third kappa shape index (κ3) is 4.79. The number of hydrogen-bond acceptors (Lipinski definition) is 1. The maximum atomic E-state index is 12.6. The Hall–Kier alpha value is -1.50. The maximum absolute atomic E-state index is 12.6. The summed E-state index contributed by atoms with van der Waals surface area (Å²) in [5.41, 5.74) is -0.510. The summed E-state index contributed by atoms with van der Waals surface area (Å²) >= 11 is 0. The molecule has 0 amide bonds. The van der Waals surface area contributed by atoms with Crippen LogP contribution in [-0.4, -0.2) is 0 Å². The smallest absolute Gasteiger partial charge is 0.192 e. The van der Waals surface area contributed by atoms with Gasteiger partial charge in [-0.25, -0.2) is 0 Å². The number of unbranched alkanes of at least 4 members (excludes halogenated alkanes) is 1. The highest BCUT2D eigenvalue weighted by Crippen LogP contribution is 2.32. The number of nitriles is 1. The molecule has 0 N–H and O–H groups in total. The quantitative estimate of drug-likeness (QED) is 0.751. The van der Waals surface area contributed by atoms with Gasteiger partial charge in [-0.1, -0.05) is 33.3 Å². The maximum Gasteiger partial charge on any atom is 0.417 e. The third-order valence-corrected chi connectivity index (χ3v) is 2.33. The van der Waals surface area contributed by atoms with E-state index in [1.165, 1.54) is 6.07 Å². The molecule has 4 heteroatoms. The molecule has 0 fully saturated rings. The lowest BCUT2D eigenvalue weighted by Gasteiger charge is -2.10. The van der Waals surface area contributed by atoms with E-state index in [4.69, 9.17) is 5.26 Å². The molecule has 0 saturated carbocycles. The Bertz CT molecular complexity index is 402. The molecule has 0 saturated heterocycles. The molecule has 18 heavy (non-hydrogen) atoms. The predicted octanol–water partition coefficient (Wildman–Crippen LogP) is 4.95. The highest BCUT2D eigenvalue weighted by molar-refractivity contribution is 5.42. The van der Waals surface area contributed by atoms with Crippen molar-refractivity contribution in [2.24, 2.45) is 0 Å². The summed E-state index contributed by atoms with van der Waals surface area (Å²) in [4.78, 5) is 0. The van der Waals surface area contributed by atoms with E-state index in [1.54, 1.807) is 12.1 Å². The molecule has 1 rings (SSSR count). The Balaban J connectivity index is 0.00000137. The van der Waals surface area contributed by atoms with Crippen LogP contribution >= 0.6 is 0 Å². The molecule has 0 aliphatic heterocycles. The molecule has 0 bridgehead atoms. The van der Waals surface area contributed by atoms with Gasteiger partial charge in [-0.2, -0.15) is 18.4 Å². The molecular weight excluding hydrogens is 239 g/mol. The van der Waals surface area contributed by atoms with E-state index in [0.717, 1.165) is 18.9 Å². The number of aryl methyl sites for hydroxylation is 1. The van der Waals surface area contributed by atoms with Crippen molar-refractivity contribution in [2.75, 3.05) is 0 Å². The highest BCUT2D eigenvalue weighted by atomic mass is 19.4. The van der Waals surface area contributed by atoms with Crippen molar-refractivity contribution in [2.45, 2.75) is 46.2 Å². The van der Waals surface area contributed by atoms with Crippen LogP contribution in [0.25, 0.3) is 0 Å². The molecule has 0 atom stereocenters. The molecule has 0 spiro atoms. The van der Waals surface area contributed by atoms with E-state index in [9.17, 15) is 13.2 Å². The van der Waals surface area contributed by atoms with Crippen molar-refractivity contribution in [1.29, 1.82) is 5.26 Å². The molecule has 0 aliphatic rings. The van der Waals surface area contributed by atoms with Gasteiger partial charge in [-0.3, -0.25) is 0 Å². The van der Waals surface area contributed by atoms with Gasteiger partial charge in [0, 0.05) is 0 Å². The fraction of sp³-hybridized carbons (Fsp3) is 0.500. The largest absolute Gasteiger partial charge is 0.417 e. The van der Waals surface area contributed by atoms with Gasteiger partial charge in [-0.15, -0.1) is 0 Å². The van der Waals surface area contributed by atoms with Crippen molar-refractivity contribution >= 4 is 0 Å². The van der Waals surface area contributed by atoms with Gasteiger partial charge in [0.15, 0.2) is 0 Å². The predicted molar refractivity (Wildman–Crippen MR) is 66.1 cm³/mol. The number of halogens is 3. The monoisotopic (exact) mass is 257 g/mol. The summed E-state index contributed by atoms with van der Waals surface area (Å²) in [6, 6.07) is 5.47. The lowest BCUT2D eigenvalue weighted by atomic mass is 10.0. The second-order valence-corrected chi connectivity index (χ2v) is 3.59. The topological polar surface area (TPSA) is 23.8 Å². The minimum absolute atomic E-state index is 0.312. The van der Waals surface area contributed by atoms with Crippen LogP contribution in [0.4, 0.5) is 13.2 Å². The molecule has 0 aromatic heterocycles. The minimum Gasteiger partial charge on any atom is -0.192 e. The van der Waals surface area contributed by atoms with Crippen molar-refractivity contribution in [1.82, 2.24) is 0 Å². The third-order valence-electron chi connectivity index (χ3n) is 2.33. The van der Waals surface area contributed by atoms with Crippen LogP contribution in [0.15, 0.2) is 18.2 Å². The van der Waals surface area contributed by atoms with Crippen molar-refractivity contribution in [3.8, 4) is 6.07 Å². The summed E-state index contributed by atoms with van der Waals surface area (Å²) in [6.07, 6.45) is -2.05. The first-order chi connectivity index (χ1) is 8.49. The van der Waals surface area contributed by atoms with Crippen LogP contribution in [0, 0.1) is 11.3 Å². The van der Waals surface area contributed by atoms with E-state index in [1.807, 2.05) is 20.8 Å². The van der Waals surface area contributed by atoms with Crippen LogP contribution < -0.4 is 0 Å². The van der Waals surface area contributed by atoms with Crippen LogP contribution in [0.5, 0.6) is 0 Å². The fourth-order valence-corrected chi connectivity index (χ4v) is 1.46. The molecule has 0 unspecified atom stereocenters. The fourth-order valence-electron chi connectivity index (χ4n) is 1.46. The first kappa shape index (κ1) is 16.5. The van der Waals surface area contributed by atoms with Crippen LogP contribution in [-0.2, 0) is 12.6 Å². The zero-order valence-corrected chi connectivity index (χ0v) is 10.9. The highest BCUT2D eigenvalue weighted by Gasteiger charge is 2.33. The van der Waals surface area contributed by atoms with Gasteiger partial charge < -0.3 is 0 Å². The Morgan fingerprint density at radius 3 is 2.28 bits per heavy atom. The average molecular weight is 257 g/mol. The lowest BCUT2D eigenvalue weighted by Crippen LogP contribution is -2.08. The normalized spacial score (nSPS) is 10.3. The molecule has 1 nitrogen and oxygen atoms in total. The SMILES string of the molecule is CC.CCCCc1ccc(C#N)c(C(F)(F)F)c1. The number of alkyl halides is 3. The van der Waals surface area contributed by atoms with Gasteiger partial charge in [0.05, 0.1) is 17.2 Å². The van der Waals surface area contributed by atoms with Crippen molar-refractivity contribution in [3.63, 3.8) is 0 Å². The average Bonchev–Trinajstić information content (AvgIpc) is 2.37. The molecule has 100 valence electrons. The van der Waals surface area contributed by atoms with Crippen LogP contribution in [0.1, 0.15) is 50.3 Å². The van der Waals surface area contributed by atoms with E-state index < -0.39 is 11.7 Å². The number of rotatable bonds is 3. The Morgan fingerprint density at radius 2 is 1.83 bits per heavy atom. The summed E-state index contributed by atoms with van der Waals surface area (Å²) in [7, 11) is 0. The van der Waals surface area contributed by atoms with E-state index in [2.05, 4.69) is 0 Å². The van der Waals surface area contributed by atoms with Gasteiger partial charge in [0.2, 0.25) is 0 Å². The van der Waals surface area contributed by atoms with Gasteiger partial charge in [-0.05, 0) is 30.5 Å². The molecule has 1 aromatic rings. The second kappa shape index (κ2) is 7.75. The standard InChI is InChI=1S/C12H12F3N.C2H6/c1-2-3-4-9-5-6-10(8-16)11(7-9)12(13,14)15;1-2/h5-7H,2-4H2,1H3;1-2H3. The Labute approximate surface area is 106 Å². The van der Waals surface area contributed by atoms with Crippen molar-refractivity contribution in [3.05, 3.63) is 34.9 Å². The lowest BCUT2D eigenvalue weighted by molar-refractivity contribution is -0.137. The Morgan fingerprint density at radius 1 is 1.22 bits per heavy atom. The molecule has 0 heterocycles. The van der Waals surface area contributed by atoms with Gasteiger partial charge in [0.1, 0.15) is 0 Å². The van der Waals surface area contributed by atoms with Crippen LogP contribution in [0.2, 0.25) is 0 Å². The molecule has 1 aromatic carbocycles. The van der Waals surface area contributed by atoms with E-state index >= 15 is 0 Å². The van der Waals surface area contributed by atoms with Gasteiger partial charge in [0.25, 0.3) is 0 Å². The Kier molecular flexibility index (Phi) is 7.11.